The molecule has 0 unspecified atom stereocenters. The molecule has 0 aliphatic rings. The fourth-order valence-electron chi connectivity index (χ4n) is 1.59. The average molecular weight is 307 g/mol. The predicted octanol–water partition coefficient (Wildman–Crippen LogP) is 2.15. The van der Waals surface area contributed by atoms with Crippen LogP contribution in [0.5, 0.6) is 0 Å². The number of carbonyl (C=O) groups excluding carboxylic acids is 2. The lowest BCUT2D eigenvalue weighted by molar-refractivity contribution is -0.136. The van der Waals surface area contributed by atoms with Crippen LogP contribution in [0.2, 0.25) is 0 Å². The summed E-state index contributed by atoms with van der Waals surface area (Å²) in [5, 5.41) is 5.72. The lowest BCUT2D eigenvalue weighted by Gasteiger charge is -2.06. The molecule has 0 bridgehead atoms. The van der Waals surface area contributed by atoms with Crippen LogP contribution in [0.25, 0.3) is 0 Å². The van der Waals surface area contributed by atoms with Crippen molar-refractivity contribution in [2.24, 2.45) is 0 Å². The molecule has 5 nitrogen and oxygen atoms in total. The van der Waals surface area contributed by atoms with Gasteiger partial charge in [-0.05, 0) is 31.5 Å². The van der Waals surface area contributed by atoms with Crippen molar-refractivity contribution in [2.75, 3.05) is 5.32 Å². The van der Waals surface area contributed by atoms with Crippen LogP contribution in [0.3, 0.4) is 0 Å². The molecule has 21 heavy (non-hydrogen) atoms. The van der Waals surface area contributed by atoms with Crippen molar-refractivity contribution in [3.8, 4) is 0 Å². The summed E-state index contributed by atoms with van der Waals surface area (Å²) in [4.78, 5) is 28.2. The van der Waals surface area contributed by atoms with Gasteiger partial charge in [0.1, 0.15) is 5.82 Å². The molecule has 1 heterocycles. The molecule has 1 aromatic heterocycles. The molecule has 0 aliphatic carbocycles. The van der Waals surface area contributed by atoms with Gasteiger partial charge in [0, 0.05) is 16.8 Å². The van der Waals surface area contributed by atoms with Gasteiger partial charge in [0.15, 0.2) is 0 Å². The molecule has 7 heteroatoms. The lowest BCUT2D eigenvalue weighted by atomic mass is 10.2. The molecule has 0 saturated carbocycles. The third kappa shape index (κ3) is 4.09. The number of nitrogens with zero attached hydrogens (tertiary/aromatic N) is 1. The lowest BCUT2D eigenvalue weighted by Crippen LogP contribution is -2.34. The topological polar surface area (TPSA) is 71.1 Å². The summed E-state index contributed by atoms with van der Waals surface area (Å²) >= 11 is 1.44. The van der Waals surface area contributed by atoms with Crippen LogP contribution in [-0.4, -0.2) is 16.8 Å². The van der Waals surface area contributed by atoms with Crippen molar-refractivity contribution >= 4 is 28.8 Å². The first kappa shape index (κ1) is 15.1. The molecule has 0 fully saturated rings. The van der Waals surface area contributed by atoms with Crippen LogP contribution in [0.4, 0.5) is 10.1 Å². The number of aromatic nitrogens is 1. The second kappa shape index (κ2) is 6.45. The summed E-state index contributed by atoms with van der Waals surface area (Å²) in [6.45, 7) is 3.71. The minimum absolute atomic E-state index is 0.236. The maximum atomic E-state index is 13.3. The standard InChI is InChI=1S/C14H14FN3O2S/c1-8-3-4-10(5-12(8)15)18-14(20)13(19)17-7-11-6-16-9(2)21-11/h3-6H,7H2,1-2H3,(H,17,19)(H,18,20). The molecule has 2 N–H and O–H groups in total. The van der Waals surface area contributed by atoms with Crippen LogP contribution < -0.4 is 10.6 Å². The Morgan fingerprint density at radius 1 is 1.29 bits per heavy atom. The van der Waals surface area contributed by atoms with Crippen molar-refractivity contribution < 1.29 is 14.0 Å². The first-order chi connectivity index (χ1) is 9.95. The maximum absolute atomic E-state index is 13.3. The first-order valence-electron chi connectivity index (χ1n) is 6.22. The van der Waals surface area contributed by atoms with Crippen LogP contribution in [0.1, 0.15) is 15.4 Å². The molecule has 0 spiro atoms. The predicted molar refractivity (Wildman–Crippen MR) is 78.5 cm³/mol. The molecule has 2 rings (SSSR count). The highest BCUT2D eigenvalue weighted by Crippen LogP contribution is 2.13. The molecular weight excluding hydrogens is 293 g/mol. The maximum Gasteiger partial charge on any atom is 0.313 e. The van der Waals surface area contributed by atoms with E-state index in [1.807, 2.05) is 6.92 Å². The number of amides is 2. The van der Waals surface area contributed by atoms with Gasteiger partial charge in [0.05, 0.1) is 11.6 Å². The number of nitrogens with one attached hydrogen (secondary N) is 2. The van der Waals surface area contributed by atoms with E-state index in [9.17, 15) is 14.0 Å². The van der Waals surface area contributed by atoms with Gasteiger partial charge in [0.25, 0.3) is 0 Å². The minimum Gasteiger partial charge on any atom is -0.343 e. The number of hydrogen-bond donors (Lipinski definition) is 2. The number of carbonyl (C=O) groups is 2. The molecular formula is C14H14FN3O2S. The van der Waals surface area contributed by atoms with E-state index in [2.05, 4.69) is 15.6 Å². The van der Waals surface area contributed by atoms with E-state index in [-0.39, 0.29) is 12.2 Å². The Balaban J connectivity index is 1.90. The molecule has 1 aromatic carbocycles. The minimum atomic E-state index is -0.834. The largest absolute Gasteiger partial charge is 0.343 e. The zero-order chi connectivity index (χ0) is 15.4. The van der Waals surface area contributed by atoms with Gasteiger partial charge >= 0.3 is 11.8 Å². The van der Waals surface area contributed by atoms with Crippen molar-refractivity contribution in [3.05, 3.63) is 45.7 Å². The third-order valence-corrected chi connectivity index (χ3v) is 3.64. The molecule has 110 valence electrons. The Morgan fingerprint density at radius 3 is 2.67 bits per heavy atom. The number of thiazole rings is 1. The summed E-state index contributed by atoms with van der Waals surface area (Å²) in [5.41, 5.74) is 0.713. The smallest absolute Gasteiger partial charge is 0.313 e. The van der Waals surface area contributed by atoms with E-state index in [0.717, 1.165) is 9.88 Å². The van der Waals surface area contributed by atoms with Gasteiger partial charge in [0.2, 0.25) is 0 Å². The van der Waals surface area contributed by atoms with Gasteiger partial charge < -0.3 is 10.6 Å². The Labute approximate surface area is 125 Å². The monoisotopic (exact) mass is 307 g/mol. The van der Waals surface area contributed by atoms with Gasteiger partial charge in [-0.25, -0.2) is 9.37 Å². The molecule has 0 aliphatic heterocycles. The van der Waals surface area contributed by atoms with Gasteiger partial charge in [-0.2, -0.15) is 0 Å². The molecule has 0 atom stereocenters. The van der Waals surface area contributed by atoms with E-state index < -0.39 is 17.6 Å². The fraction of sp³-hybridized carbons (Fsp3) is 0.214. The Hall–Kier alpha value is -2.28. The Kier molecular flexibility index (Phi) is 4.64. The highest BCUT2D eigenvalue weighted by Gasteiger charge is 2.14. The SMILES string of the molecule is Cc1ncc(CNC(=O)C(=O)Nc2ccc(C)c(F)c2)s1. The second-order valence-corrected chi connectivity index (χ2v) is 5.77. The Bertz CT molecular complexity index is 685. The summed E-state index contributed by atoms with van der Waals surface area (Å²) in [6.07, 6.45) is 1.65. The van der Waals surface area contributed by atoms with E-state index in [1.165, 1.54) is 29.5 Å². The number of aryl methyl sites for hydroxylation is 2. The van der Waals surface area contributed by atoms with Crippen molar-refractivity contribution in [2.45, 2.75) is 20.4 Å². The van der Waals surface area contributed by atoms with Crippen LogP contribution in [0, 0.1) is 19.7 Å². The number of hydrogen-bond acceptors (Lipinski definition) is 4. The summed E-state index contributed by atoms with van der Waals surface area (Å²) in [5.74, 6) is -2.05. The van der Waals surface area contributed by atoms with E-state index >= 15 is 0 Å². The van der Waals surface area contributed by atoms with Crippen LogP contribution in [-0.2, 0) is 16.1 Å². The van der Waals surface area contributed by atoms with E-state index in [0.29, 0.717) is 5.56 Å². The summed E-state index contributed by atoms with van der Waals surface area (Å²) < 4.78 is 13.3. The van der Waals surface area contributed by atoms with Gasteiger partial charge in [-0.3, -0.25) is 9.59 Å². The van der Waals surface area contributed by atoms with E-state index in [4.69, 9.17) is 0 Å². The first-order valence-corrected chi connectivity index (χ1v) is 7.04. The fourth-order valence-corrected chi connectivity index (χ4v) is 2.33. The highest BCUT2D eigenvalue weighted by atomic mass is 32.1. The molecule has 0 saturated heterocycles. The Morgan fingerprint density at radius 2 is 2.05 bits per heavy atom. The second-order valence-electron chi connectivity index (χ2n) is 4.45. The van der Waals surface area contributed by atoms with Gasteiger partial charge in [-0.1, -0.05) is 6.07 Å². The van der Waals surface area contributed by atoms with Crippen LogP contribution in [0.15, 0.2) is 24.4 Å². The zero-order valence-corrected chi connectivity index (χ0v) is 12.4. The third-order valence-electron chi connectivity index (χ3n) is 2.73. The highest BCUT2D eigenvalue weighted by molar-refractivity contribution is 7.11. The number of benzene rings is 1. The van der Waals surface area contributed by atoms with Crippen molar-refractivity contribution in [1.29, 1.82) is 0 Å². The molecule has 0 radical (unpaired) electrons. The average Bonchev–Trinajstić information content (AvgIpc) is 2.86. The normalized spacial score (nSPS) is 10.2. The number of rotatable bonds is 3. The summed E-state index contributed by atoms with van der Waals surface area (Å²) in [6, 6.07) is 4.24. The zero-order valence-electron chi connectivity index (χ0n) is 11.6. The van der Waals surface area contributed by atoms with Crippen molar-refractivity contribution in [3.63, 3.8) is 0 Å². The van der Waals surface area contributed by atoms with Gasteiger partial charge in [-0.15, -0.1) is 11.3 Å². The molecule has 2 aromatic rings. The van der Waals surface area contributed by atoms with E-state index in [1.54, 1.807) is 13.1 Å². The van der Waals surface area contributed by atoms with Crippen LogP contribution >= 0.6 is 11.3 Å². The number of halogens is 1. The molecule has 2 amide bonds. The summed E-state index contributed by atoms with van der Waals surface area (Å²) in [7, 11) is 0. The number of anilines is 1. The van der Waals surface area contributed by atoms with Crippen molar-refractivity contribution in [1.82, 2.24) is 10.3 Å². The quantitative estimate of drug-likeness (QED) is 0.854.